The Morgan fingerprint density at radius 2 is 2.27 bits per heavy atom. The molecule has 0 radical (unpaired) electrons. The monoisotopic (exact) mass is 222 g/mol. The van der Waals surface area contributed by atoms with Gasteiger partial charge < -0.3 is 5.73 Å². The standard InChI is InChI=1S/C8H10N6S/c1-4(2)7-11-12-8-14(7)13-6(10)5(3-9)15-8/h4,13H,10H2,1-2H3. The average molecular weight is 222 g/mol. The third-order valence-corrected chi connectivity index (χ3v) is 2.91. The molecule has 3 N–H and O–H groups in total. The minimum Gasteiger partial charge on any atom is -0.383 e. The fourth-order valence-electron chi connectivity index (χ4n) is 1.23. The Labute approximate surface area is 91.1 Å². The summed E-state index contributed by atoms with van der Waals surface area (Å²) in [6.07, 6.45) is 0. The predicted octanol–water partition coefficient (Wildman–Crippen LogP) is 0.702. The molecule has 0 fully saturated rings. The van der Waals surface area contributed by atoms with Gasteiger partial charge in [-0.05, 0) is 11.8 Å². The largest absolute Gasteiger partial charge is 0.383 e. The maximum atomic E-state index is 8.80. The lowest BCUT2D eigenvalue weighted by molar-refractivity contribution is 0.685. The van der Waals surface area contributed by atoms with Crippen LogP contribution in [0.2, 0.25) is 0 Å². The van der Waals surface area contributed by atoms with Crippen LogP contribution >= 0.6 is 11.8 Å². The molecule has 78 valence electrons. The van der Waals surface area contributed by atoms with Crippen LogP contribution in [0.15, 0.2) is 15.9 Å². The van der Waals surface area contributed by atoms with Crippen LogP contribution in [0.25, 0.3) is 0 Å². The molecule has 7 heteroatoms. The zero-order valence-corrected chi connectivity index (χ0v) is 9.17. The third-order valence-electron chi connectivity index (χ3n) is 1.95. The van der Waals surface area contributed by atoms with E-state index >= 15 is 0 Å². The van der Waals surface area contributed by atoms with E-state index in [0.29, 0.717) is 15.9 Å². The fraction of sp³-hybridized carbons (Fsp3) is 0.375. The molecule has 0 aromatic carbocycles. The zero-order chi connectivity index (χ0) is 11.0. The van der Waals surface area contributed by atoms with Crippen molar-refractivity contribution in [3.63, 3.8) is 0 Å². The summed E-state index contributed by atoms with van der Waals surface area (Å²) in [5.74, 6) is 1.39. The van der Waals surface area contributed by atoms with E-state index < -0.39 is 0 Å². The number of hydrogen-bond acceptors (Lipinski definition) is 6. The van der Waals surface area contributed by atoms with Gasteiger partial charge in [0.25, 0.3) is 0 Å². The number of fused-ring (bicyclic) bond motifs is 1. The molecule has 0 amide bonds. The molecular formula is C8H10N6S. The van der Waals surface area contributed by atoms with Crippen LogP contribution < -0.4 is 11.2 Å². The summed E-state index contributed by atoms with van der Waals surface area (Å²) in [5, 5.41) is 17.5. The van der Waals surface area contributed by atoms with E-state index in [0.717, 1.165) is 5.82 Å². The number of hydrogen-bond donors (Lipinski definition) is 2. The van der Waals surface area contributed by atoms with Crippen molar-refractivity contribution in [1.82, 2.24) is 14.9 Å². The van der Waals surface area contributed by atoms with Crippen molar-refractivity contribution < 1.29 is 0 Å². The maximum absolute atomic E-state index is 8.80. The highest BCUT2D eigenvalue weighted by Gasteiger charge is 2.22. The van der Waals surface area contributed by atoms with E-state index in [-0.39, 0.29) is 5.92 Å². The van der Waals surface area contributed by atoms with Crippen molar-refractivity contribution >= 4 is 11.8 Å². The van der Waals surface area contributed by atoms with Gasteiger partial charge in [0, 0.05) is 5.92 Å². The SMILES string of the molecule is CC(C)c1nnc2n1NC(N)=C(C#N)S2. The molecule has 2 heterocycles. The lowest BCUT2D eigenvalue weighted by Crippen LogP contribution is -2.27. The van der Waals surface area contributed by atoms with E-state index in [1.165, 1.54) is 11.8 Å². The lowest BCUT2D eigenvalue weighted by Gasteiger charge is -2.18. The summed E-state index contributed by atoms with van der Waals surface area (Å²) in [6, 6.07) is 2.01. The first-order valence-corrected chi connectivity index (χ1v) is 5.25. The Kier molecular flexibility index (Phi) is 2.28. The molecule has 1 aliphatic heterocycles. The minimum absolute atomic E-state index is 0.246. The van der Waals surface area contributed by atoms with Crippen molar-refractivity contribution in [1.29, 1.82) is 5.26 Å². The molecule has 1 aromatic rings. The lowest BCUT2D eigenvalue weighted by atomic mass is 10.2. The second-order valence-corrected chi connectivity index (χ2v) is 4.38. The van der Waals surface area contributed by atoms with Crippen LogP contribution in [-0.4, -0.2) is 14.9 Å². The number of nitriles is 1. The minimum atomic E-state index is 0.246. The number of nitrogens with two attached hydrogens (primary N) is 1. The van der Waals surface area contributed by atoms with E-state index in [4.69, 9.17) is 11.0 Å². The first-order valence-electron chi connectivity index (χ1n) is 4.43. The summed E-state index contributed by atoms with van der Waals surface area (Å²) in [5.41, 5.74) is 8.58. The van der Waals surface area contributed by atoms with Crippen LogP contribution in [0.3, 0.4) is 0 Å². The highest BCUT2D eigenvalue weighted by atomic mass is 32.2. The predicted molar refractivity (Wildman–Crippen MR) is 56.2 cm³/mol. The van der Waals surface area contributed by atoms with Gasteiger partial charge in [0.15, 0.2) is 5.82 Å². The highest BCUT2D eigenvalue weighted by molar-refractivity contribution is 8.03. The highest BCUT2D eigenvalue weighted by Crippen LogP contribution is 2.30. The Bertz CT molecular complexity index is 466. The molecule has 0 saturated heterocycles. The molecule has 0 aliphatic carbocycles. The Morgan fingerprint density at radius 1 is 1.53 bits per heavy atom. The number of aromatic nitrogens is 3. The van der Waals surface area contributed by atoms with E-state index in [1.807, 2.05) is 19.9 Å². The van der Waals surface area contributed by atoms with Gasteiger partial charge in [0.2, 0.25) is 5.16 Å². The van der Waals surface area contributed by atoms with Gasteiger partial charge in [0.1, 0.15) is 16.8 Å². The maximum Gasteiger partial charge on any atom is 0.215 e. The topological polar surface area (TPSA) is 92.6 Å². The first-order chi connectivity index (χ1) is 7.13. The molecule has 6 nitrogen and oxygen atoms in total. The number of thioether (sulfide) groups is 1. The van der Waals surface area contributed by atoms with Crippen LogP contribution in [0.5, 0.6) is 0 Å². The Balaban J connectivity index is 2.42. The van der Waals surface area contributed by atoms with Crippen molar-refractivity contribution in [3.05, 3.63) is 16.6 Å². The number of rotatable bonds is 1. The van der Waals surface area contributed by atoms with Crippen molar-refractivity contribution in [2.24, 2.45) is 5.73 Å². The average Bonchev–Trinajstić information content (AvgIpc) is 2.59. The van der Waals surface area contributed by atoms with Gasteiger partial charge in [0.05, 0.1) is 0 Å². The molecule has 2 rings (SSSR count). The normalized spacial score (nSPS) is 14.8. The van der Waals surface area contributed by atoms with Crippen molar-refractivity contribution in [2.75, 3.05) is 5.43 Å². The van der Waals surface area contributed by atoms with Gasteiger partial charge in [-0.1, -0.05) is 13.8 Å². The van der Waals surface area contributed by atoms with E-state index in [9.17, 15) is 0 Å². The second-order valence-electron chi connectivity index (χ2n) is 3.40. The van der Waals surface area contributed by atoms with Gasteiger partial charge in [-0.3, -0.25) is 5.43 Å². The molecular weight excluding hydrogens is 212 g/mol. The Morgan fingerprint density at radius 3 is 2.87 bits per heavy atom. The van der Waals surface area contributed by atoms with E-state index in [2.05, 4.69) is 15.6 Å². The van der Waals surface area contributed by atoms with Gasteiger partial charge in [-0.25, -0.2) is 4.68 Å². The summed E-state index contributed by atoms with van der Waals surface area (Å²) in [6.45, 7) is 4.03. The third kappa shape index (κ3) is 1.53. The van der Waals surface area contributed by atoms with Gasteiger partial charge in [-0.15, -0.1) is 10.2 Å². The molecule has 0 spiro atoms. The summed E-state index contributed by atoms with van der Waals surface area (Å²) < 4.78 is 1.71. The zero-order valence-electron chi connectivity index (χ0n) is 8.35. The molecule has 15 heavy (non-hydrogen) atoms. The van der Waals surface area contributed by atoms with Crippen LogP contribution in [-0.2, 0) is 0 Å². The molecule has 0 saturated carbocycles. The summed E-state index contributed by atoms with van der Waals surface area (Å²) >= 11 is 1.22. The smallest absolute Gasteiger partial charge is 0.215 e. The quantitative estimate of drug-likeness (QED) is 0.726. The van der Waals surface area contributed by atoms with E-state index in [1.54, 1.807) is 4.68 Å². The van der Waals surface area contributed by atoms with Crippen LogP contribution in [0, 0.1) is 11.3 Å². The number of nitrogens with zero attached hydrogens (tertiary/aromatic N) is 4. The van der Waals surface area contributed by atoms with Gasteiger partial charge >= 0.3 is 0 Å². The number of nitrogens with one attached hydrogen (secondary N) is 1. The Hall–Kier alpha value is -1.68. The first kappa shape index (κ1) is 9.86. The molecule has 1 aliphatic rings. The van der Waals surface area contributed by atoms with Crippen molar-refractivity contribution in [3.8, 4) is 6.07 Å². The molecule has 1 aromatic heterocycles. The molecule has 0 unspecified atom stereocenters. The molecule has 0 bridgehead atoms. The van der Waals surface area contributed by atoms with Crippen LogP contribution in [0.1, 0.15) is 25.6 Å². The fourth-order valence-corrected chi connectivity index (χ4v) is 1.92. The van der Waals surface area contributed by atoms with Crippen LogP contribution in [0.4, 0.5) is 0 Å². The van der Waals surface area contributed by atoms with Crippen molar-refractivity contribution in [2.45, 2.75) is 24.9 Å². The second kappa shape index (κ2) is 3.47. The summed E-state index contributed by atoms with van der Waals surface area (Å²) in [7, 11) is 0. The summed E-state index contributed by atoms with van der Waals surface area (Å²) in [4.78, 5) is 0.421. The molecule has 0 atom stereocenters. The van der Waals surface area contributed by atoms with Gasteiger partial charge in [-0.2, -0.15) is 5.26 Å². The number of allylic oxidation sites excluding steroid dienone is 1.